The number of benzene rings is 2. The number of ether oxygens (including phenoxy) is 4. The molecule has 0 saturated carbocycles. The molecule has 0 aliphatic rings. The molecule has 0 bridgehead atoms. The maximum Gasteiger partial charge on any atom is 0.338 e. The zero-order valence-corrected chi connectivity index (χ0v) is 17.4. The number of methoxy groups -OCH3 is 3. The van der Waals surface area contributed by atoms with Gasteiger partial charge in [-0.15, -0.1) is 0 Å². The summed E-state index contributed by atoms with van der Waals surface area (Å²) < 4.78 is 20.8. The van der Waals surface area contributed by atoms with Gasteiger partial charge in [0.1, 0.15) is 0 Å². The Kier molecular flexibility index (Phi) is 7.88. The molecule has 7 heteroatoms. The Balaban J connectivity index is 2.02. The monoisotopic (exact) mass is 401 g/mol. The summed E-state index contributed by atoms with van der Waals surface area (Å²) in [6.45, 7) is 3.59. The lowest BCUT2D eigenvalue weighted by molar-refractivity contribution is -0.125. The number of nitrogens with one attached hydrogen (secondary N) is 1. The van der Waals surface area contributed by atoms with Crippen LogP contribution in [0.1, 0.15) is 40.9 Å². The number of amides is 1. The van der Waals surface area contributed by atoms with Crippen molar-refractivity contribution < 1.29 is 28.5 Å². The Labute approximate surface area is 170 Å². The minimum atomic E-state index is -0.664. The summed E-state index contributed by atoms with van der Waals surface area (Å²) in [4.78, 5) is 24.7. The van der Waals surface area contributed by atoms with E-state index in [1.807, 2.05) is 38.1 Å². The SMILES string of the molecule is CC[C@H](NC(=O)COC(=O)c1cc(OC)c(OC)c(OC)c1)c1ccc(C)cc1. The molecule has 0 aromatic heterocycles. The lowest BCUT2D eigenvalue weighted by atomic mass is 10.0. The second-order valence-corrected chi connectivity index (χ2v) is 6.43. The largest absolute Gasteiger partial charge is 0.493 e. The normalized spacial score (nSPS) is 11.3. The number of hydrogen-bond donors (Lipinski definition) is 1. The first-order chi connectivity index (χ1) is 13.9. The fourth-order valence-corrected chi connectivity index (χ4v) is 2.87. The van der Waals surface area contributed by atoms with Gasteiger partial charge in [-0.2, -0.15) is 0 Å². The van der Waals surface area contributed by atoms with Crippen LogP contribution in [0.4, 0.5) is 0 Å². The van der Waals surface area contributed by atoms with Crippen LogP contribution >= 0.6 is 0 Å². The Morgan fingerprint density at radius 2 is 1.55 bits per heavy atom. The zero-order valence-electron chi connectivity index (χ0n) is 17.4. The summed E-state index contributed by atoms with van der Waals surface area (Å²) in [6.07, 6.45) is 0.718. The van der Waals surface area contributed by atoms with Gasteiger partial charge in [0.15, 0.2) is 18.1 Å². The van der Waals surface area contributed by atoms with Crippen molar-refractivity contribution in [1.82, 2.24) is 5.32 Å². The number of carbonyl (C=O) groups excluding carboxylic acids is 2. The van der Waals surface area contributed by atoms with E-state index in [1.165, 1.54) is 33.5 Å². The summed E-state index contributed by atoms with van der Waals surface area (Å²) in [5.41, 5.74) is 2.34. The molecule has 156 valence electrons. The number of rotatable bonds is 9. The number of esters is 1. The van der Waals surface area contributed by atoms with Crippen molar-refractivity contribution in [3.05, 3.63) is 53.1 Å². The highest BCUT2D eigenvalue weighted by Crippen LogP contribution is 2.38. The van der Waals surface area contributed by atoms with Crippen molar-refractivity contribution in [2.45, 2.75) is 26.3 Å². The molecule has 2 rings (SSSR count). The van der Waals surface area contributed by atoms with Crippen molar-refractivity contribution in [2.24, 2.45) is 0 Å². The maximum absolute atomic E-state index is 12.4. The second-order valence-electron chi connectivity index (χ2n) is 6.43. The average molecular weight is 401 g/mol. The van der Waals surface area contributed by atoms with Crippen LogP contribution in [-0.4, -0.2) is 39.8 Å². The van der Waals surface area contributed by atoms with Crippen LogP contribution in [0.3, 0.4) is 0 Å². The number of carbonyl (C=O) groups is 2. The molecule has 29 heavy (non-hydrogen) atoms. The first-order valence-electron chi connectivity index (χ1n) is 9.26. The molecule has 0 fully saturated rings. The highest BCUT2D eigenvalue weighted by Gasteiger charge is 2.19. The molecule has 1 amide bonds. The van der Waals surface area contributed by atoms with E-state index in [1.54, 1.807) is 0 Å². The first kappa shape index (κ1) is 22.1. The summed E-state index contributed by atoms with van der Waals surface area (Å²) in [5, 5.41) is 2.89. The predicted molar refractivity (Wildman–Crippen MR) is 109 cm³/mol. The molecule has 0 aliphatic carbocycles. The fraction of sp³-hybridized carbons (Fsp3) is 0.364. The van der Waals surface area contributed by atoms with Crippen LogP contribution in [0.25, 0.3) is 0 Å². The van der Waals surface area contributed by atoms with Crippen molar-refractivity contribution in [1.29, 1.82) is 0 Å². The predicted octanol–water partition coefficient (Wildman–Crippen LogP) is 3.45. The Morgan fingerprint density at radius 3 is 2.03 bits per heavy atom. The van der Waals surface area contributed by atoms with Gasteiger partial charge in [0, 0.05) is 0 Å². The number of aryl methyl sites for hydroxylation is 1. The molecule has 0 radical (unpaired) electrons. The molecule has 2 aromatic rings. The van der Waals surface area contributed by atoms with Gasteiger partial charge >= 0.3 is 5.97 Å². The Bertz CT molecular complexity index is 822. The van der Waals surface area contributed by atoms with E-state index in [2.05, 4.69) is 5.32 Å². The third kappa shape index (κ3) is 5.63. The third-order valence-corrected chi connectivity index (χ3v) is 4.46. The Morgan fingerprint density at radius 1 is 0.966 bits per heavy atom. The summed E-state index contributed by atoms with van der Waals surface area (Å²) in [7, 11) is 4.38. The van der Waals surface area contributed by atoms with Crippen molar-refractivity contribution in [3.8, 4) is 17.2 Å². The molecule has 0 saturated heterocycles. The summed E-state index contributed by atoms with van der Waals surface area (Å²) in [5.74, 6) is -0.0171. The highest BCUT2D eigenvalue weighted by atomic mass is 16.5. The van der Waals surface area contributed by atoms with Gasteiger partial charge in [-0.3, -0.25) is 4.79 Å². The van der Waals surface area contributed by atoms with Gasteiger partial charge in [0.05, 0.1) is 32.9 Å². The smallest absolute Gasteiger partial charge is 0.338 e. The Hall–Kier alpha value is -3.22. The molecular weight excluding hydrogens is 374 g/mol. The van der Waals surface area contributed by atoms with Crippen LogP contribution < -0.4 is 19.5 Å². The van der Waals surface area contributed by atoms with Gasteiger partial charge in [0.25, 0.3) is 5.91 Å². The van der Waals surface area contributed by atoms with Crippen LogP contribution in [0.2, 0.25) is 0 Å². The topological polar surface area (TPSA) is 83.1 Å². The lowest BCUT2D eigenvalue weighted by Gasteiger charge is -2.18. The molecule has 0 spiro atoms. The van der Waals surface area contributed by atoms with Gasteiger partial charge < -0.3 is 24.3 Å². The van der Waals surface area contributed by atoms with E-state index in [0.29, 0.717) is 17.2 Å². The molecule has 2 aromatic carbocycles. The van der Waals surface area contributed by atoms with Crippen LogP contribution in [0, 0.1) is 6.92 Å². The third-order valence-electron chi connectivity index (χ3n) is 4.46. The standard InChI is InChI=1S/C22H27NO6/c1-6-17(15-9-7-14(2)8-10-15)23-20(24)13-29-22(25)16-11-18(26-3)21(28-5)19(12-16)27-4/h7-12,17H,6,13H2,1-5H3,(H,23,24)/t17-/m0/s1. The van der Waals surface area contributed by atoms with Gasteiger partial charge in [-0.25, -0.2) is 4.79 Å². The summed E-state index contributed by atoms with van der Waals surface area (Å²) in [6, 6.07) is 10.7. The molecular formula is C22H27NO6. The molecule has 1 N–H and O–H groups in total. The van der Waals surface area contributed by atoms with Crippen molar-refractivity contribution in [2.75, 3.05) is 27.9 Å². The van der Waals surface area contributed by atoms with Crippen LogP contribution in [0.15, 0.2) is 36.4 Å². The van der Waals surface area contributed by atoms with E-state index >= 15 is 0 Å². The van der Waals surface area contributed by atoms with Gasteiger partial charge in [0.2, 0.25) is 5.75 Å². The maximum atomic E-state index is 12.4. The van der Waals surface area contributed by atoms with Crippen molar-refractivity contribution >= 4 is 11.9 Å². The van der Waals surface area contributed by atoms with Gasteiger partial charge in [-0.05, 0) is 31.0 Å². The molecule has 0 heterocycles. The minimum absolute atomic E-state index is 0.150. The second kappa shape index (κ2) is 10.4. The molecule has 0 aliphatic heterocycles. The van der Waals surface area contributed by atoms with Crippen molar-refractivity contribution in [3.63, 3.8) is 0 Å². The average Bonchev–Trinajstić information content (AvgIpc) is 2.75. The quantitative estimate of drug-likeness (QED) is 0.648. The van der Waals surface area contributed by atoms with E-state index in [-0.39, 0.29) is 17.5 Å². The van der Waals surface area contributed by atoms with E-state index in [0.717, 1.165) is 17.5 Å². The van der Waals surface area contributed by atoms with Crippen LogP contribution in [-0.2, 0) is 9.53 Å². The lowest BCUT2D eigenvalue weighted by Crippen LogP contribution is -2.32. The highest BCUT2D eigenvalue weighted by molar-refractivity contribution is 5.92. The number of hydrogen-bond acceptors (Lipinski definition) is 6. The first-order valence-corrected chi connectivity index (χ1v) is 9.26. The zero-order chi connectivity index (χ0) is 21.4. The van der Waals surface area contributed by atoms with E-state index in [4.69, 9.17) is 18.9 Å². The van der Waals surface area contributed by atoms with Gasteiger partial charge in [-0.1, -0.05) is 36.8 Å². The van der Waals surface area contributed by atoms with Crippen LogP contribution in [0.5, 0.6) is 17.2 Å². The minimum Gasteiger partial charge on any atom is -0.493 e. The molecule has 0 unspecified atom stereocenters. The summed E-state index contributed by atoms with van der Waals surface area (Å²) >= 11 is 0. The van der Waals surface area contributed by atoms with E-state index < -0.39 is 12.6 Å². The van der Waals surface area contributed by atoms with E-state index in [9.17, 15) is 9.59 Å². The molecule has 7 nitrogen and oxygen atoms in total. The molecule has 1 atom stereocenters. The fourth-order valence-electron chi connectivity index (χ4n) is 2.87.